The Labute approximate surface area is 127 Å². The fraction of sp³-hybridized carbons (Fsp3) is 0.267. The first-order valence-corrected chi connectivity index (χ1v) is 7.14. The normalized spacial score (nSPS) is 13.9. The highest BCUT2D eigenvalue weighted by Crippen LogP contribution is 2.32. The van der Waals surface area contributed by atoms with Crippen molar-refractivity contribution in [2.45, 2.75) is 26.4 Å². The van der Waals surface area contributed by atoms with Crippen LogP contribution in [0.5, 0.6) is 0 Å². The zero-order valence-electron chi connectivity index (χ0n) is 11.5. The van der Waals surface area contributed by atoms with Gasteiger partial charge in [0.25, 0.3) is 11.7 Å². The molecule has 2 heterocycles. The first-order chi connectivity index (χ1) is 10.1. The molecule has 0 saturated heterocycles. The van der Waals surface area contributed by atoms with Crippen LogP contribution in [-0.2, 0) is 17.9 Å². The summed E-state index contributed by atoms with van der Waals surface area (Å²) in [4.78, 5) is 29.8. The van der Waals surface area contributed by atoms with Gasteiger partial charge in [-0.1, -0.05) is 18.5 Å². The van der Waals surface area contributed by atoms with E-state index in [-0.39, 0.29) is 0 Å². The molecule has 0 unspecified atom stereocenters. The van der Waals surface area contributed by atoms with Gasteiger partial charge < -0.3 is 4.57 Å². The summed E-state index contributed by atoms with van der Waals surface area (Å²) in [5.41, 5.74) is 1.87. The summed E-state index contributed by atoms with van der Waals surface area (Å²) in [6.45, 7) is 3.22. The maximum absolute atomic E-state index is 12.2. The summed E-state index contributed by atoms with van der Waals surface area (Å²) in [5.74, 6) is -1.00. The number of rotatable bonds is 4. The molecule has 3 rings (SSSR count). The fourth-order valence-corrected chi connectivity index (χ4v) is 2.67. The minimum atomic E-state index is -0.517. The predicted molar refractivity (Wildman–Crippen MR) is 79.5 cm³/mol. The van der Waals surface area contributed by atoms with Gasteiger partial charge in [0.2, 0.25) is 0 Å². The van der Waals surface area contributed by atoms with Crippen molar-refractivity contribution in [3.05, 3.63) is 47.0 Å². The molecule has 0 radical (unpaired) electrons. The first-order valence-electron chi connectivity index (χ1n) is 6.76. The number of fused-ring (bicyclic) bond motifs is 1. The van der Waals surface area contributed by atoms with Crippen LogP contribution < -0.4 is 4.90 Å². The third-order valence-electron chi connectivity index (χ3n) is 3.52. The van der Waals surface area contributed by atoms with Crippen LogP contribution in [0.3, 0.4) is 0 Å². The number of carbonyl (C=O) groups excluding carboxylic acids is 2. The van der Waals surface area contributed by atoms with Crippen molar-refractivity contribution in [2.24, 2.45) is 0 Å². The molecule has 1 aromatic heterocycles. The average Bonchev–Trinajstić information content (AvgIpc) is 2.99. The Bertz CT molecular complexity index is 723. The number of carbonyl (C=O) groups is 2. The molecule has 0 N–H and O–H groups in total. The molecule has 0 bridgehead atoms. The molecule has 6 heteroatoms. The van der Waals surface area contributed by atoms with Crippen molar-refractivity contribution in [1.82, 2.24) is 9.55 Å². The third kappa shape index (κ3) is 2.34. The van der Waals surface area contributed by atoms with Crippen LogP contribution in [-0.4, -0.2) is 21.2 Å². The van der Waals surface area contributed by atoms with E-state index in [0.29, 0.717) is 22.8 Å². The van der Waals surface area contributed by atoms with Gasteiger partial charge in [0, 0.05) is 17.8 Å². The molecule has 1 amide bonds. The Morgan fingerprint density at radius 2 is 2.10 bits per heavy atom. The lowest BCUT2D eigenvalue weighted by Gasteiger charge is -2.17. The van der Waals surface area contributed by atoms with E-state index in [1.165, 1.54) is 4.90 Å². The number of ketones is 1. The number of hydrogen-bond acceptors (Lipinski definition) is 3. The summed E-state index contributed by atoms with van der Waals surface area (Å²) in [7, 11) is 0. The van der Waals surface area contributed by atoms with Gasteiger partial charge in [-0.25, -0.2) is 4.98 Å². The zero-order valence-corrected chi connectivity index (χ0v) is 12.3. The molecular weight excluding hydrogens is 290 g/mol. The van der Waals surface area contributed by atoms with E-state index < -0.39 is 11.7 Å². The minimum Gasteiger partial charge on any atom is -0.333 e. The lowest BCUT2D eigenvalue weighted by molar-refractivity contribution is -0.114. The summed E-state index contributed by atoms with van der Waals surface area (Å²) in [6.07, 6.45) is 4.43. The summed E-state index contributed by atoms with van der Waals surface area (Å²) < 4.78 is 1.99. The van der Waals surface area contributed by atoms with Crippen molar-refractivity contribution in [3.8, 4) is 0 Å². The van der Waals surface area contributed by atoms with Crippen molar-refractivity contribution >= 4 is 29.0 Å². The number of imidazole rings is 1. The van der Waals surface area contributed by atoms with Crippen LogP contribution in [0.1, 0.15) is 29.4 Å². The van der Waals surface area contributed by atoms with Gasteiger partial charge in [0.15, 0.2) is 0 Å². The van der Waals surface area contributed by atoms with Crippen LogP contribution in [0.4, 0.5) is 5.69 Å². The average molecular weight is 304 g/mol. The Hall–Kier alpha value is -2.14. The highest BCUT2D eigenvalue weighted by molar-refractivity contribution is 6.52. The predicted octanol–water partition coefficient (Wildman–Crippen LogP) is 2.68. The van der Waals surface area contributed by atoms with Gasteiger partial charge in [-0.3, -0.25) is 14.5 Å². The number of nitrogens with zero attached hydrogens (tertiary/aromatic N) is 3. The number of hydrogen-bond donors (Lipinski definition) is 0. The molecule has 2 aromatic rings. The number of Topliss-reactive ketones (excluding diaryl/α,β-unsaturated/α-hetero) is 1. The standard InChI is InChI=1S/C15H14ClN3O2/c1-2-5-18-9-17-7-11(18)8-19-13-6-10(16)3-4-12(13)14(20)15(19)21/h3-4,6-7,9H,2,5,8H2,1H3. The van der Waals surface area contributed by atoms with E-state index in [1.807, 2.05) is 4.57 Å². The van der Waals surface area contributed by atoms with Crippen LogP contribution in [0.25, 0.3) is 0 Å². The van der Waals surface area contributed by atoms with Crippen molar-refractivity contribution in [1.29, 1.82) is 0 Å². The molecule has 1 aliphatic rings. The molecule has 0 spiro atoms. The molecular formula is C15H14ClN3O2. The first kappa shape index (κ1) is 13.8. The SMILES string of the molecule is CCCn1cncc1CN1C(=O)C(=O)c2ccc(Cl)cc21. The second kappa shape index (κ2) is 5.33. The Balaban J connectivity index is 1.96. The van der Waals surface area contributed by atoms with Crippen molar-refractivity contribution in [3.63, 3.8) is 0 Å². The summed E-state index contributed by atoms with van der Waals surface area (Å²) >= 11 is 5.98. The lowest BCUT2D eigenvalue weighted by Crippen LogP contribution is -2.30. The second-order valence-electron chi connectivity index (χ2n) is 4.96. The molecule has 0 atom stereocenters. The van der Waals surface area contributed by atoms with Crippen LogP contribution in [0, 0.1) is 0 Å². The smallest absolute Gasteiger partial charge is 0.299 e. The number of amides is 1. The molecule has 1 aliphatic heterocycles. The van der Waals surface area contributed by atoms with Gasteiger partial charge in [0.05, 0.1) is 29.8 Å². The minimum absolute atomic E-state index is 0.317. The molecule has 1 aromatic carbocycles. The highest BCUT2D eigenvalue weighted by atomic mass is 35.5. The summed E-state index contributed by atoms with van der Waals surface area (Å²) in [5, 5.41) is 0.503. The van der Waals surface area contributed by atoms with Crippen molar-refractivity contribution < 1.29 is 9.59 Å². The van der Waals surface area contributed by atoms with Gasteiger partial charge in [-0.2, -0.15) is 0 Å². The second-order valence-corrected chi connectivity index (χ2v) is 5.40. The van der Waals surface area contributed by atoms with Crippen molar-refractivity contribution in [2.75, 3.05) is 4.90 Å². The molecule has 21 heavy (non-hydrogen) atoms. The molecule has 0 saturated carbocycles. The number of anilines is 1. The molecule has 108 valence electrons. The largest absolute Gasteiger partial charge is 0.333 e. The molecule has 0 aliphatic carbocycles. The highest BCUT2D eigenvalue weighted by Gasteiger charge is 2.36. The van der Waals surface area contributed by atoms with Crippen LogP contribution in [0.15, 0.2) is 30.7 Å². The fourth-order valence-electron chi connectivity index (χ4n) is 2.51. The number of halogens is 1. The Morgan fingerprint density at radius 1 is 1.29 bits per heavy atom. The maximum Gasteiger partial charge on any atom is 0.299 e. The van der Waals surface area contributed by atoms with E-state index >= 15 is 0 Å². The molecule has 5 nitrogen and oxygen atoms in total. The maximum atomic E-state index is 12.2. The molecule has 0 fully saturated rings. The lowest BCUT2D eigenvalue weighted by atomic mass is 10.1. The topological polar surface area (TPSA) is 55.2 Å². The summed E-state index contributed by atoms with van der Waals surface area (Å²) in [6, 6.07) is 4.87. The number of aryl methyl sites for hydroxylation is 1. The Morgan fingerprint density at radius 3 is 2.86 bits per heavy atom. The third-order valence-corrected chi connectivity index (χ3v) is 3.75. The van der Waals surface area contributed by atoms with E-state index in [4.69, 9.17) is 11.6 Å². The van der Waals surface area contributed by atoms with E-state index in [1.54, 1.807) is 30.7 Å². The van der Waals surface area contributed by atoms with E-state index in [9.17, 15) is 9.59 Å². The van der Waals surface area contributed by atoms with E-state index in [0.717, 1.165) is 18.7 Å². The van der Waals surface area contributed by atoms with Gasteiger partial charge >= 0.3 is 0 Å². The quantitative estimate of drug-likeness (QED) is 0.816. The monoisotopic (exact) mass is 303 g/mol. The van der Waals surface area contributed by atoms with Gasteiger partial charge in [-0.05, 0) is 24.6 Å². The zero-order chi connectivity index (χ0) is 15.0. The number of aromatic nitrogens is 2. The Kier molecular flexibility index (Phi) is 3.51. The number of benzene rings is 1. The van der Waals surface area contributed by atoms with Crippen LogP contribution in [0.2, 0.25) is 5.02 Å². The van der Waals surface area contributed by atoms with Gasteiger partial charge in [-0.15, -0.1) is 0 Å². The van der Waals surface area contributed by atoms with E-state index in [2.05, 4.69) is 11.9 Å². The van der Waals surface area contributed by atoms with Crippen LogP contribution >= 0.6 is 11.6 Å². The van der Waals surface area contributed by atoms with Gasteiger partial charge in [0.1, 0.15) is 0 Å².